The highest BCUT2D eigenvalue weighted by Crippen LogP contribution is 2.21. The predicted octanol–water partition coefficient (Wildman–Crippen LogP) is 2.83. The van der Waals surface area contributed by atoms with Crippen LogP contribution in [0.15, 0.2) is 24.3 Å². The summed E-state index contributed by atoms with van der Waals surface area (Å²) in [6, 6.07) is 8.08. The minimum Gasteiger partial charge on any atom is -0.300 e. The lowest BCUT2D eigenvalue weighted by Crippen LogP contribution is -1.95. The van der Waals surface area contributed by atoms with Gasteiger partial charge in [-0.2, -0.15) is 0 Å². The summed E-state index contributed by atoms with van der Waals surface area (Å²) >= 11 is 1.59. The van der Waals surface area contributed by atoms with Gasteiger partial charge in [0.05, 0.1) is 0 Å². The molecule has 0 N–H and O–H groups in total. The van der Waals surface area contributed by atoms with Gasteiger partial charge in [0.1, 0.15) is 5.78 Å². The Morgan fingerprint density at radius 1 is 1.54 bits per heavy atom. The molecule has 0 spiro atoms. The number of hydrogen-bond donors (Lipinski definition) is 0. The Morgan fingerprint density at radius 3 is 3.15 bits per heavy atom. The van der Waals surface area contributed by atoms with Crippen LogP contribution in [0.4, 0.5) is 0 Å². The van der Waals surface area contributed by atoms with E-state index in [0.29, 0.717) is 6.42 Å². The van der Waals surface area contributed by atoms with E-state index in [1.54, 1.807) is 18.3 Å². The highest BCUT2D eigenvalue weighted by Gasteiger charge is 1.99. The second kappa shape index (κ2) is 3.30. The number of benzene rings is 1. The van der Waals surface area contributed by atoms with E-state index in [9.17, 15) is 4.79 Å². The molecule has 0 aliphatic rings. The maximum Gasteiger partial charge on any atom is 0.134 e. The maximum atomic E-state index is 10.9. The number of fused-ring (bicyclic) bond motifs is 1. The average molecular weight is 189 g/mol. The highest BCUT2D eigenvalue weighted by molar-refractivity contribution is 7.16. The molecule has 65 valence electrons. The van der Waals surface area contributed by atoms with Gasteiger partial charge < -0.3 is 0 Å². The summed E-state index contributed by atoms with van der Waals surface area (Å²) in [5, 5.41) is 4.28. The molecular weight excluding hydrogens is 180 g/mol. The first-order valence-corrected chi connectivity index (χ1v) is 4.95. The molecule has 0 aliphatic carbocycles. The number of ketones is 1. The van der Waals surface area contributed by atoms with Crippen molar-refractivity contribution >= 4 is 27.2 Å². The van der Waals surface area contributed by atoms with Gasteiger partial charge in [0.25, 0.3) is 0 Å². The second-order valence-corrected chi connectivity index (χ2v) is 3.99. The zero-order valence-corrected chi connectivity index (χ0v) is 8.15. The highest BCUT2D eigenvalue weighted by atomic mass is 32.1. The van der Waals surface area contributed by atoms with Crippen LogP contribution in [0.3, 0.4) is 0 Å². The molecule has 1 heterocycles. The zero-order valence-electron chi connectivity index (χ0n) is 7.33. The van der Waals surface area contributed by atoms with E-state index in [0.717, 1.165) is 5.56 Å². The van der Waals surface area contributed by atoms with E-state index >= 15 is 0 Å². The molecule has 0 saturated heterocycles. The van der Waals surface area contributed by atoms with Gasteiger partial charge >= 0.3 is 0 Å². The monoisotopic (exact) mass is 189 g/mol. The van der Waals surface area contributed by atoms with Crippen molar-refractivity contribution in [2.24, 2.45) is 0 Å². The van der Waals surface area contributed by atoms with Gasteiger partial charge in [-0.25, -0.2) is 0 Å². The molecule has 2 heteroatoms. The number of rotatable bonds is 2. The molecule has 13 heavy (non-hydrogen) atoms. The maximum absolute atomic E-state index is 10.9. The molecule has 1 aromatic carbocycles. The SMILES string of the molecule is CC(=O)Cc1ccc2c[c]sc2c1. The minimum atomic E-state index is 0.208. The van der Waals surface area contributed by atoms with Crippen molar-refractivity contribution < 1.29 is 4.79 Å². The molecule has 0 bridgehead atoms. The second-order valence-electron chi connectivity index (χ2n) is 3.12. The van der Waals surface area contributed by atoms with E-state index in [1.165, 1.54) is 10.1 Å². The number of thiophene rings is 1. The van der Waals surface area contributed by atoms with Gasteiger partial charge in [-0.3, -0.25) is 4.79 Å². The molecule has 1 nitrogen and oxygen atoms in total. The Labute approximate surface area is 81.0 Å². The van der Waals surface area contributed by atoms with Gasteiger partial charge in [-0.15, -0.1) is 11.3 Å². The van der Waals surface area contributed by atoms with Crippen molar-refractivity contribution in [2.45, 2.75) is 13.3 Å². The lowest BCUT2D eigenvalue weighted by Gasteiger charge is -1.96. The topological polar surface area (TPSA) is 17.1 Å². The van der Waals surface area contributed by atoms with Crippen LogP contribution in [0.25, 0.3) is 10.1 Å². The summed E-state index contributed by atoms with van der Waals surface area (Å²) in [5.41, 5.74) is 1.09. The van der Waals surface area contributed by atoms with Gasteiger partial charge in [0.2, 0.25) is 0 Å². The molecule has 0 amide bonds. The molecule has 0 aliphatic heterocycles. The van der Waals surface area contributed by atoms with Crippen LogP contribution in [0.1, 0.15) is 12.5 Å². The lowest BCUT2D eigenvalue weighted by atomic mass is 10.1. The Kier molecular flexibility index (Phi) is 2.15. The summed E-state index contributed by atoms with van der Waals surface area (Å²) < 4.78 is 1.21. The van der Waals surface area contributed by atoms with Crippen LogP contribution in [0, 0.1) is 5.38 Å². The summed E-state index contributed by atoms with van der Waals surface area (Å²) in [6.45, 7) is 1.62. The Morgan fingerprint density at radius 2 is 2.38 bits per heavy atom. The molecule has 1 radical (unpaired) electrons. The van der Waals surface area contributed by atoms with Crippen molar-refractivity contribution in [2.75, 3.05) is 0 Å². The molecule has 0 atom stereocenters. The van der Waals surface area contributed by atoms with Crippen molar-refractivity contribution in [3.63, 3.8) is 0 Å². The first-order valence-electron chi connectivity index (χ1n) is 4.13. The van der Waals surface area contributed by atoms with Crippen LogP contribution >= 0.6 is 11.3 Å². The van der Waals surface area contributed by atoms with Crippen molar-refractivity contribution in [1.82, 2.24) is 0 Å². The summed E-state index contributed by atoms with van der Waals surface area (Å²) in [4.78, 5) is 10.9. The van der Waals surface area contributed by atoms with Gasteiger partial charge in [0.15, 0.2) is 0 Å². The fourth-order valence-electron chi connectivity index (χ4n) is 1.34. The summed E-state index contributed by atoms with van der Waals surface area (Å²) in [7, 11) is 0. The third kappa shape index (κ3) is 1.78. The Hall–Kier alpha value is -1.15. The fourth-order valence-corrected chi connectivity index (χ4v) is 2.11. The van der Waals surface area contributed by atoms with Crippen LogP contribution < -0.4 is 0 Å². The average Bonchev–Trinajstić information content (AvgIpc) is 2.49. The molecule has 2 rings (SSSR count). The first kappa shape index (κ1) is 8.45. The van der Waals surface area contributed by atoms with Gasteiger partial charge in [-0.1, -0.05) is 12.1 Å². The van der Waals surface area contributed by atoms with E-state index in [4.69, 9.17) is 0 Å². The van der Waals surface area contributed by atoms with E-state index in [1.807, 2.05) is 18.2 Å². The standard InChI is InChI=1S/C11H9OS/c1-8(12)6-9-2-3-10-4-5-13-11(10)7-9/h2-4,7H,6H2,1H3. The molecule has 0 saturated carbocycles. The quantitative estimate of drug-likeness (QED) is 0.710. The van der Waals surface area contributed by atoms with Crippen molar-refractivity contribution in [3.05, 3.63) is 35.2 Å². The largest absolute Gasteiger partial charge is 0.300 e. The number of hydrogen-bond acceptors (Lipinski definition) is 2. The lowest BCUT2D eigenvalue weighted by molar-refractivity contribution is -0.116. The number of carbonyl (C=O) groups excluding carboxylic acids is 1. The Balaban J connectivity index is 2.42. The molecule has 2 aromatic rings. The number of Topliss-reactive ketones (excluding diaryl/α,β-unsaturated/α-hetero) is 1. The normalized spacial score (nSPS) is 10.5. The molecule has 1 aromatic heterocycles. The molecular formula is C11H9OS. The summed E-state index contributed by atoms with van der Waals surface area (Å²) in [6.07, 6.45) is 0.536. The molecule has 0 unspecified atom stereocenters. The van der Waals surface area contributed by atoms with Crippen molar-refractivity contribution in [1.29, 1.82) is 0 Å². The van der Waals surface area contributed by atoms with Crippen LogP contribution in [0.5, 0.6) is 0 Å². The third-order valence-corrected chi connectivity index (χ3v) is 2.72. The minimum absolute atomic E-state index is 0.208. The smallest absolute Gasteiger partial charge is 0.134 e. The van der Waals surface area contributed by atoms with E-state index in [-0.39, 0.29) is 5.78 Å². The van der Waals surface area contributed by atoms with Crippen LogP contribution in [-0.2, 0) is 11.2 Å². The molecule has 0 fully saturated rings. The fraction of sp³-hybridized carbons (Fsp3) is 0.182. The first-order chi connectivity index (χ1) is 6.25. The Bertz CT molecular complexity index is 442. The van der Waals surface area contributed by atoms with Crippen molar-refractivity contribution in [3.8, 4) is 0 Å². The van der Waals surface area contributed by atoms with Crippen LogP contribution in [0.2, 0.25) is 0 Å². The number of carbonyl (C=O) groups is 1. The summed E-state index contributed by atoms with van der Waals surface area (Å²) in [5.74, 6) is 0.208. The van der Waals surface area contributed by atoms with Gasteiger partial charge in [-0.05, 0) is 30.0 Å². The van der Waals surface area contributed by atoms with Gasteiger partial charge in [0, 0.05) is 16.5 Å². The van der Waals surface area contributed by atoms with E-state index < -0.39 is 0 Å². The van der Waals surface area contributed by atoms with E-state index in [2.05, 4.69) is 11.4 Å². The zero-order chi connectivity index (χ0) is 9.26. The third-order valence-electron chi connectivity index (χ3n) is 1.91. The predicted molar refractivity (Wildman–Crippen MR) is 55.0 cm³/mol. The van der Waals surface area contributed by atoms with Crippen LogP contribution in [-0.4, -0.2) is 5.78 Å².